The van der Waals surface area contributed by atoms with Gasteiger partial charge in [0.1, 0.15) is 0 Å². The first-order valence-corrected chi connectivity index (χ1v) is 14.7. The molecule has 7 rings (SSSR count). The number of rotatable bonds is 10. The Morgan fingerprint density at radius 1 is 1.05 bits per heavy atom. The van der Waals surface area contributed by atoms with Crippen LogP contribution in [-0.2, 0) is 28.1 Å². The zero-order chi connectivity index (χ0) is 28.6. The molecule has 0 spiro atoms. The summed E-state index contributed by atoms with van der Waals surface area (Å²) in [6.45, 7) is 3.77. The van der Waals surface area contributed by atoms with Crippen molar-refractivity contribution in [1.82, 2.24) is 9.80 Å². The monoisotopic (exact) mass is 570 g/mol. The van der Waals surface area contributed by atoms with Gasteiger partial charge in [0.05, 0.1) is 29.5 Å². The van der Waals surface area contributed by atoms with Gasteiger partial charge in [-0.1, -0.05) is 60.1 Å². The molecule has 2 unspecified atom stereocenters. The Kier molecular flexibility index (Phi) is 7.58. The van der Waals surface area contributed by atoms with Gasteiger partial charge in [-0.2, -0.15) is 0 Å². The molecule has 0 aromatic heterocycles. The summed E-state index contributed by atoms with van der Waals surface area (Å²) in [5.41, 5.74) is 5.36. The van der Waals surface area contributed by atoms with Crippen LogP contribution in [0, 0.1) is 0 Å². The van der Waals surface area contributed by atoms with Gasteiger partial charge in [0.15, 0.2) is 0 Å². The molecule has 0 radical (unpaired) electrons. The number of aliphatic imine (C=N–C) groups is 1. The number of hydrogen-bond acceptors (Lipinski definition) is 5. The zero-order valence-electron chi connectivity index (χ0n) is 23.2. The third-order valence-corrected chi connectivity index (χ3v) is 8.99. The average Bonchev–Trinajstić information content (AvgIpc) is 3.56. The van der Waals surface area contributed by atoms with E-state index in [1.54, 1.807) is 0 Å². The smallest absolute Gasteiger partial charge is 0.303 e. The van der Waals surface area contributed by atoms with Crippen molar-refractivity contribution in [2.45, 2.75) is 69.7 Å². The highest BCUT2D eigenvalue weighted by Gasteiger charge is 2.51. The molecule has 4 heterocycles. The van der Waals surface area contributed by atoms with Crippen LogP contribution < -0.4 is 5.32 Å². The number of carbonyl (C=O) groups is 2. The average molecular weight is 571 g/mol. The number of halogens is 1. The number of carbonyl (C=O) groups excluding carboxylic acids is 1. The highest BCUT2D eigenvalue weighted by atomic mass is 35.5. The van der Waals surface area contributed by atoms with Gasteiger partial charge in [-0.25, -0.2) is 0 Å². The van der Waals surface area contributed by atoms with E-state index in [1.165, 1.54) is 5.56 Å². The van der Waals surface area contributed by atoms with Crippen LogP contribution in [0.5, 0.6) is 0 Å². The summed E-state index contributed by atoms with van der Waals surface area (Å²) >= 11 is 6.17. The number of fused-ring (bicyclic) bond motifs is 2. The molecule has 2 N–H and O–H groups in total. The molecule has 2 bridgehead atoms. The third kappa shape index (κ3) is 5.61. The minimum absolute atomic E-state index is 0.141. The lowest BCUT2D eigenvalue weighted by Gasteiger charge is -2.40. The van der Waals surface area contributed by atoms with E-state index < -0.39 is 11.5 Å². The first-order chi connectivity index (χ1) is 19.8. The number of nitrogens with zero attached hydrogens (tertiary/aromatic N) is 3. The lowest BCUT2D eigenvalue weighted by atomic mass is 9.82. The second kappa shape index (κ2) is 11.3. The maximum Gasteiger partial charge on any atom is 0.303 e. The van der Waals surface area contributed by atoms with Gasteiger partial charge in [-0.05, 0) is 73.6 Å². The molecule has 0 aliphatic carbocycles. The highest BCUT2D eigenvalue weighted by Crippen LogP contribution is 2.42. The van der Waals surface area contributed by atoms with Crippen LogP contribution in [-0.4, -0.2) is 51.2 Å². The molecule has 41 heavy (non-hydrogen) atoms. The van der Waals surface area contributed by atoms with Gasteiger partial charge in [-0.15, -0.1) is 0 Å². The molecule has 3 saturated heterocycles. The Balaban J connectivity index is 1.18. The van der Waals surface area contributed by atoms with Gasteiger partial charge in [0.25, 0.3) is 0 Å². The number of aliphatic carboxylic acids is 1. The number of unbranched alkanes of at least 4 members (excludes halogenated alkanes) is 1. The molecule has 7 nitrogen and oxygen atoms in total. The summed E-state index contributed by atoms with van der Waals surface area (Å²) in [6, 6.07) is 24.7. The van der Waals surface area contributed by atoms with Crippen molar-refractivity contribution in [3.8, 4) is 0 Å². The molecule has 4 aliphatic rings. The number of nitrogens with one attached hydrogen (secondary N) is 1. The van der Waals surface area contributed by atoms with Crippen LogP contribution >= 0.6 is 11.6 Å². The van der Waals surface area contributed by atoms with E-state index in [9.17, 15) is 9.59 Å². The molecule has 0 saturated carbocycles. The fourth-order valence-electron chi connectivity index (χ4n) is 6.41. The van der Waals surface area contributed by atoms with Crippen molar-refractivity contribution in [3.05, 3.63) is 94.5 Å². The van der Waals surface area contributed by atoms with Crippen molar-refractivity contribution in [2.24, 2.45) is 4.99 Å². The van der Waals surface area contributed by atoms with E-state index in [-0.39, 0.29) is 18.5 Å². The van der Waals surface area contributed by atoms with E-state index in [0.717, 1.165) is 54.1 Å². The Hall–Kier alpha value is -3.68. The van der Waals surface area contributed by atoms with Crippen molar-refractivity contribution in [2.75, 3.05) is 11.9 Å². The molecule has 3 aromatic rings. The second-order valence-corrected chi connectivity index (χ2v) is 12.0. The highest BCUT2D eigenvalue weighted by molar-refractivity contribution is 6.30. The quantitative estimate of drug-likeness (QED) is 0.276. The maximum absolute atomic E-state index is 13.4. The second-order valence-electron chi connectivity index (χ2n) is 11.5. The lowest BCUT2D eigenvalue weighted by Crippen LogP contribution is -2.52. The summed E-state index contributed by atoms with van der Waals surface area (Å²) < 4.78 is 0. The summed E-state index contributed by atoms with van der Waals surface area (Å²) in [4.78, 5) is 34.0. The van der Waals surface area contributed by atoms with Crippen molar-refractivity contribution in [3.63, 3.8) is 0 Å². The number of carboxylic acids is 1. The number of amides is 1. The zero-order valence-corrected chi connectivity index (χ0v) is 24.0. The number of benzene rings is 3. The third-order valence-electron chi connectivity index (χ3n) is 8.74. The molecular formula is C33H35ClN4O3. The van der Waals surface area contributed by atoms with Gasteiger partial charge >= 0.3 is 5.97 Å². The molecule has 212 valence electrons. The van der Waals surface area contributed by atoms with Gasteiger partial charge in [-0.3, -0.25) is 19.5 Å². The molecule has 3 aromatic carbocycles. The maximum atomic E-state index is 13.4. The lowest BCUT2D eigenvalue weighted by molar-refractivity contribution is -0.137. The fraction of sp³-hybridized carbons (Fsp3) is 0.364. The van der Waals surface area contributed by atoms with Crippen molar-refractivity contribution < 1.29 is 14.7 Å². The van der Waals surface area contributed by atoms with Gasteiger partial charge < -0.3 is 15.3 Å². The molecule has 4 aliphatic heterocycles. The largest absolute Gasteiger partial charge is 0.481 e. The van der Waals surface area contributed by atoms with E-state index in [2.05, 4.69) is 41.4 Å². The first kappa shape index (κ1) is 27.5. The van der Waals surface area contributed by atoms with E-state index in [4.69, 9.17) is 21.7 Å². The summed E-state index contributed by atoms with van der Waals surface area (Å²) in [7, 11) is 0. The molecular weight excluding hydrogens is 536 g/mol. The Labute approximate surface area is 245 Å². The van der Waals surface area contributed by atoms with E-state index in [0.29, 0.717) is 30.3 Å². The van der Waals surface area contributed by atoms with Crippen LogP contribution in [0.15, 0.2) is 77.8 Å². The molecule has 3 atom stereocenters. The van der Waals surface area contributed by atoms with Crippen LogP contribution in [0.1, 0.15) is 55.7 Å². The predicted molar refractivity (Wildman–Crippen MR) is 162 cm³/mol. The first-order valence-electron chi connectivity index (χ1n) is 14.4. The van der Waals surface area contributed by atoms with Crippen LogP contribution in [0.4, 0.5) is 11.4 Å². The van der Waals surface area contributed by atoms with Crippen LogP contribution in [0.3, 0.4) is 0 Å². The Morgan fingerprint density at radius 2 is 1.83 bits per heavy atom. The number of carboxylic acid groups (broad SMARTS) is 1. The molecule has 3 fully saturated rings. The minimum Gasteiger partial charge on any atom is -0.481 e. The number of hydrogen-bond donors (Lipinski definition) is 2. The normalized spacial score (nSPS) is 22.9. The summed E-state index contributed by atoms with van der Waals surface area (Å²) in [6.07, 6.45) is 3.69. The molecule has 8 heteroatoms. The van der Waals surface area contributed by atoms with Crippen molar-refractivity contribution in [1.29, 1.82) is 0 Å². The van der Waals surface area contributed by atoms with E-state index >= 15 is 0 Å². The predicted octanol–water partition coefficient (Wildman–Crippen LogP) is 6.38. The van der Waals surface area contributed by atoms with Gasteiger partial charge in [0, 0.05) is 36.3 Å². The topological polar surface area (TPSA) is 85.2 Å². The SMILES string of the molecule is CC1(c2ccc(Cl)cc2)Nc2ccc(CC(=O)N3CC4C[C@H]3N4Cc3ccccc3)cc2N=C1CCCCC(=O)O. The van der Waals surface area contributed by atoms with Gasteiger partial charge in [0.2, 0.25) is 5.91 Å². The summed E-state index contributed by atoms with van der Waals surface area (Å²) in [5, 5.41) is 13.4. The van der Waals surface area contributed by atoms with Crippen molar-refractivity contribution >= 4 is 40.6 Å². The standard InChI is InChI=1S/C33H35ClN4O3/c1-33(24-12-14-25(34)15-13-24)29(9-5-6-10-32(40)41)35-28-17-23(11-16-27(28)36-33)18-31(39)38-21-26-19-30(38)37(26)20-22-7-3-2-4-8-22/h2-4,7-8,11-17,26,30,36H,5-6,9-10,18-21H2,1H3,(H,40,41)/t26?,30-,33?/m0/s1. The van der Waals surface area contributed by atoms with E-state index in [1.807, 2.05) is 53.4 Å². The number of anilines is 1. The Morgan fingerprint density at radius 3 is 2.59 bits per heavy atom. The minimum atomic E-state index is -0.785. The fourth-order valence-corrected chi connectivity index (χ4v) is 6.53. The van der Waals surface area contributed by atoms with Crippen LogP contribution in [0.25, 0.3) is 0 Å². The Bertz CT molecular complexity index is 1480. The van der Waals surface area contributed by atoms with Crippen LogP contribution in [0.2, 0.25) is 5.02 Å². The molecule has 1 amide bonds. The summed E-state index contributed by atoms with van der Waals surface area (Å²) in [5.74, 6) is -0.631.